The molecule has 2 rings (SSSR count). The number of nitriles is 1. The Morgan fingerprint density at radius 2 is 1.94 bits per heavy atom. The first-order valence-electron chi connectivity index (χ1n) is 5.09. The highest BCUT2D eigenvalue weighted by atomic mass is 32.2. The van der Waals surface area contributed by atoms with Gasteiger partial charge < -0.3 is 4.79 Å². The molecule has 88 valence electrons. The van der Waals surface area contributed by atoms with Crippen molar-refractivity contribution in [1.29, 1.82) is 5.26 Å². The topological polar surface area (TPSA) is 75.0 Å². The van der Waals surface area contributed by atoms with Crippen molar-refractivity contribution in [1.82, 2.24) is 0 Å². The number of aldehydes is 1. The molecule has 0 spiro atoms. The molecule has 4 nitrogen and oxygen atoms in total. The van der Waals surface area contributed by atoms with Gasteiger partial charge in [-0.25, -0.2) is 8.42 Å². The van der Waals surface area contributed by atoms with E-state index in [-0.39, 0.29) is 0 Å². The van der Waals surface area contributed by atoms with Gasteiger partial charge in [-0.15, -0.1) is 0 Å². The number of carbonyl (C=O) groups excluding carboxylic acids is 1. The van der Waals surface area contributed by atoms with Crippen LogP contribution in [0.5, 0.6) is 0 Å². The quantitative estimate of drug-likeness (QED) is 0.746. The molecule has 1 aromatic carbocycles. The van der Waals surface area contributed by atoms with Gasteiger partial charge in [-0.2, -0.15) is 5.26 Å². The summed E-state index contributed by atoms with van der Waals surface area (Å²) in [5.41, 5.74) is -0.689. The highest BCUT2D eigenvalue weighted by Crippen LogP contribution is 2.61. The monoisotopic (exact) mass is 249 g/mol. The minimum absolute atomic E-state index is 0.469. The molecule has 0 amide bonds. The highest BCUT2D eigenvalue weighted by molar-refractivity contribution is 7.91. The molecule has 5 heteroatoms. The summed E-state index contributed by atoms with van der Waals surface area (Å²) in [5, 5.41) is 8.16. The van der Waals surface area contributed by atoms with Crippen LogP contribution in [-0.4, -0.2) is 26.2 Å². The highest BCUT2D eigenvalue weighted by Gasteiger charge is 2.71. The number of hydrogen-bond acceptors (Lipinski definition) is 4. The van der Waals surface area contributed by atoms with Crippen LogP contribution in [0.1, 0.15) is 11.5 Å². The Bertz CT molecular complexity index is 588. The molecule has 0 unspecified atom stereocenters. The fourth-order valence-corrected chi connectivity index (χ4v) is 4.15. The van der Waals surface area contributed by atoms with Crippen molar-refractivity contribution in [2.24, 2.45) is 5.41 Å². The Morgan fingerprint density at radius 1 is 1.35 bits per heavy atom. The number of benzene rings is 1. The van der Waals surface area contributed by atoms with Crippen molar-refractivity contribution in [3.8, 4) is 6.07 Å². The van der Waals surface area contributed by atoms with E-state index in [0.717, 1.165) is 11.8 Å². The van der Waals surface area contributed by atoms with Crippen LogP contribution in [-0.2, 0) is 14.6 Å². The van der Waals surface area contributed by atoms with Crippen LogP contribution in [0.2, 0.25) is 0 Å². The van der Waals surface area contributed by atoms with Gasteiger partial charge in [0.1, 0.15) is 11.7 Å². The Labute approximate surface area is 99.8 Å². The van der Waals surface area contributed by atoms with Crippen LogP contribution in [0, 0.1) is 16.7 Å². The molecule has 0 N–H and O–H groups in total. The standard InChI is InChI=1S/C12H11NO3S/c1-17(15,16)11-10(12(11,7-13)8-14)9-5-3-2-4-6-9/h2-6,8,10-11H,1H3/t10-,11+,12+/m0/s1. The number of sulfone groups is 1. The van der Waals surface area contributed by atoms with Gasteiger partial charge in [0.25, 0.3) is 0 Å². The number of rotatable bonds is 3. The fourth-order valence-electron chi connectivity index (χ4n) is 2.39. The number of hydrogen-bond donors (Lipinski definition) is 0. The van der Waals surface area contributed by atoms with Gasteiger partial charge in [0.2, 0.25) is 0 Å². The van der Waals surface area contributed by atoms with Gasteiger partial charge in [-0.3, -0.25) is 0 Å². The smallest absolute Gasteiger partial charge is 0.153 e. The Morgan fingerprint density at radius 3 is 2.29 bits per heavy atom. The zero-order valence-electron chi connectivity index (χ0n) is 9.20. The summed E-state index contributed by atoms with van der Waals surface area (Å²) >= 11 is 0. The van der Waals surface area contributed by atoms with E-state index in [4.69, 9.17) is 5.26 Å². The maximum Gasteiger partial charge on any atom is 0.153 e. The minimum atomic E-state index is -3.41. The first-order valence-corrected chi connectivity index (χ1v) is 7.04. The van der Waals surface area contributed by atoms with Crippen molar-refractivity contribution in [2.45, 2.75) is 11.2 Å². The molecule has 0 radical (unpaired) electrons. The van der Waals surface area contributed by atoms with Crippen LogP contribution in [0.15, 0.2) is 30.3 Å². The molecule has 0 aromatic heterocycles. The largest absolute Gasteiger partial charge is 0.302 e. The molecule has 0 bridgehead atoms. The lowest BCUT2D eigenvalue weighted by Crippen LogP contribution is -2.14. The molecular formula is C12H11NO3S. The summed E-state index contributed by atoms with van der Waals surface area (Å²) in [6.07, 6.45) is 1.53. The minimum Gasteiger partial charge on any atom is -0.302 e. The van der Waals surface area contributed by atoms with Crippen molar-refractivity contribution in [3.05, 3.63) is 35.9 Å². The average Bonchev–Trinajstić information content (AvgIpc) is 3.00. The van der Waals surface area contributed by atoms with Gasteiger partial charge in [0, 0.05) is 12.2 Å². The van der Waals surface area contributed by atoms with E-state index in [2.05, 4.69) is 0 Å². The lowest BCUT2D eigenvalue weighted by atomic mass is 10.0. The summed E-state index contributed by atoms with van der Waals surface area (Å²) in [5.74, 6) is -0.541. The number of carbonyl (C=O) groups is 1. The van der Waals surface area contributed by atoms with E-state index < -0.39 is 26.4 Å². The van der Waals surface area contributed by atoms with Gasteiger partial charge in [0.15, 0.2) is 9.84 Å². The van der Waals surface area contributed by atoms with Crippen LogP contribution in [0.4, 0.5) is 0 Å². The summed E-state index contributed by atoms with van der Waals surface area (Å²) in [7, 11) is -3.41. The lowest BCUT2D eigenvalue weighted by Gasteiger charge is -1.98. The Kier molecular flexibility index (Phi) is 2.55. The van der Waals surface area contributed by atoms with E-state index in [1.54, 1.807) is 30.3 Å². The maximum atomic E-state index is 11.6. The zero-order chi connectivity index (χ0) is 12.7. The van der Waals surface area contributed by atoms with Crippen molar-refractivity contribution >= 4 is 16.1 Å². The second kappa shape index (κ2) is 3.67. The molecule has 1 fully saturated rings. The molecule has 3 atom stereocenters. The molecule has 17 heavy (non-hydrogen) atoms. The fraction of sp³-hybridized carbons (Fsp3) is 0.333. The first-order chi connectivity index (χ1) is 7.97. The molecular weight excluding hydrogens is 238 g/mol. The van der Waals surface area contributed by atoms with Gasteiger partial charge in [0.05, 0.1) is 11.3 Å². The van der Waals surface area contributed by atoms with E-state index in [9.17, 15) is 13.2 Å². The average molecular weight is 249 g/mol. The SMILES string of the molecule is CS(=O)(=O)[C@@H]1[C@H](c2ccccc2)[C@@]1(C#N)C=O. The van der Waals surface area contributed by atoms with Crippen LogP contribution >= 0.6 is 0 Å². The van der Waals surface area contributed by atoms with Crippen LogP contribution in [0.25, 0.3) is 0 Å². The van der Waals surface area contributed by atoms with Crippen LogP contribution in [0.3, 0.4) is 0 Å². The molecule has 1 aromatic rings. The van der Waals surface area contributed by atoms with Crippen LogP contribution < -0.4 is 0 Å². The third kappa shape index (κ3) is 1.65. The Balaban J connectivity index is 2.50. The van der Waals surface area contributed by atoms with Gasteiger partial charge >= 0.3 is 0 Å². The summed E-state index contributed by atoms with van der Waals surface area (Å²) in [6, 6.07) is 10.7. The molecule has 1 aliphatic carbocycles. The van der Waals surface area contributed by atoms with E-state index in [1.165, 1.54) is 0 Å². The Hall–Kier alpha value is -1.67. The predicted octanol–water partition coefficient (Wildman–Crippen LogP) is 0.906. The van der Waals surface area contributed by atoms with Crippen molar-refractivity contribution in [3.63, 3.8) is 0 Å². The van der Waals surface area contributed by atoms with Gasteiger partial charge in [-0.05, 0) is 5.56 Å². The number of nitrogens with zero attached hydrogens (tertiary/aromatic N) is 1. The van der Waals surface area contributed by atoms with E-state index >= 15 is 0 Å². The zero-order valence-corrected chi connectivity index (χ0v) is 10.0. The third-order valence-electron chi connectivity index (χ3n) is 3.19. The summed E-state index contributed by atoms with van der Waals surface area (Å²) < 4.78 is 23.2. The second-order valence-electron chi connectivity index (χ2n) is 4.30. The predicted molar refractivity (Wildman–Crippen MR) is 61.9 cm³/mol. The molecule has 0 saturated heterocycles. The van der Waals surface area contributed by atoms with Crippen molar-refractivity contribution in [2.75, 3.05) is 6.26 Å². The lowest BCUT2D eigenvalue weighted by molar-refractivity contribution is -0.110. The molecule has 1 aliphatic rings. The molecule has 0 aliphatic heterocycles. The van der Waals surface area contributed by atoms with E-state index in [1.807, 2.05) is 6.07 Å². The van der Waals surface area contributed by atoms with Gasteiger partial charge in [-0.1, -0.05) is 30.3 Å². The summed E-state index contributed by atoms with van der Waals surface area (Å²) in [6.45, 7) is 0. The molecule has 1 saturated carbocycles. The van der Waals surface area contributed by atoms with Crippen molar-refractivity contribution < 1.29 is 13.2 Å². The maximum absolute atomic E-state index is 11.6. The summed E-state index contributed by atoms with van der Waals surface area (Å²) in [4.78, 5) is 11.1. The third-order valence-corrected chi connectivity index (χ3v) is 4.77. The second-order valence-corrected chi connectivity index (χ2v) is 6.47. The first kappa shape index (κ1) is 11.8. The normalized spacial score (nSPS) is 31.5. The van der Waals surface area contributed by atoms with E-state index in [0.29, 0.717) is 6.29 Å². The molecule has 0 heterocycles.